The molecular weight excluding hydrogens is 340 g/mol. The van der Waals surface area contributed by atoms with Crippen LogP contribution in [0.15, 0.2) is 30.3 Å². The highest BCUT2D eigenvalue weighted by Crippen LogP contribution is 2.69. The summed E-state index contributed by atoms with van der Waals surface area (Å²) >= 11 is 0. The molecule has 1 heterocycles. The van der Waals surface area contributed by atoms with Gasteiger partial charge in [-0.15, -0.1) is 0 Å². The van der Waals surface area contributed by atoms with Crippen molar-refractivity contribution in [3.8, 4) is 0 Å². The molecule has 2 aliphatic carbocycles. The number of fused-ring (bicyclic) bond motifs is 2. The summed E-state index contributed by atoms with van der Waals surface area (Å²) in [4.78, 5) is 43.2. The van der Waals surface area contributed by atoms with Gasteiger partial charge in [0.15, 0.2) is 0 Å². The fourth-order valence-corrected chi connectivity index (χ4v) is 5.46. The largest absolute Gasteiger partial charge is 0.339 e. The Hall–Kier alpha value is -2.01. The predicted molar refractivity (Wildman–Crippen MR) is 102 cm³/mol. The van der Waals surface area contributed by atoms with E-state index < -0.39 is 22.0 Å². The summed E-state index contributed by atoms with van der Waals surface area (Å²) in [5.41, 5.74) is -1.21. The Kier molecular flexibility index (Phi) is 4.08. The highest BCUT2D eigenvalue weighted by Gasteiger charge is 2.78. The molecule has 2 unspecified atom stereocenters. The smallest absolute Gasteiger partial charge is 0.237 e. The Labute approximate surface area is 160 Å². The highest BCUT2D eigenvalue weighted by molar-refractivity contribution is 6.48. The van der Waals surface area contributed by atoms with Crippen molar-refractivity contribution >= 4 is 17.5 Å². The van der Waals surface area contributed by atoms with Crippen molar-refractivity contribution in [3.05, 3.63) is 35.9 Å². The molecule has 5 heteroatoms. The van der Waals surface area contributed by atoms with E-state index in [0.29, 0.717) is 25.9 Å². The first-order chi connectivity index (χ1) is 12.7. The summed E-state index contributed by atoms with van der Waals surface area (Å²) in [6, 6.07) is 10.3. The lowest BCUT2D eigenvalue weighted by Gasteiger charge is -2.42. The average Bonchev–Trinajstić information content (AvgIpc) is 2.94. The Balaban J connectivity index is 1.48. The quantitative estimate of drug-likeness (QED) is 0.607. The van der Waals surface area contributed by atoms with Gasteiger partial charge < -0.3 is 4.90 Å². The van der Waals surface area contributed by atoms with Crippen LogP contribution in [-0.2, 0) is 20.9 Å². The molecule has 0 N–H and O–H groups in total. The third-order valence-electron chi connectivity index (χ3n) is 7.81. The highest BCUT2D eigenvalue weighted by atomic mass is 16.2. The molecule has 2 saturated carbocycles. The predicted octanol–water partition coefficient (Wildman–Crippen LogP) is 2.30. The van der Waals surface area contributed by atoms with Crippen molar-refractivity contribution in [1.29, 1.82) is 0 Å². The standard InChI is InChI=1S/C22H28N2O3/c1-20(2)21(3)9-10-22(20,18(26)17(21)25)19(27)24-13-11-23(12-14-24)15-16-7-5-4-6-8-16/h4-8H,9-15H2,1-3H3. The molecule has 0 radical (unpaired) electrons. The minimum absolute atomic E-state index is 0.119. The van der Waals surface area contributed by atoms with Crippen molar-refractivity contribution < 1.29 is 14.4 Å². The van der Waals surface area contributed by atoms with Crippen LogP contribution in [0.3, 0.4) is 0 Å². The maximum Gasteiger partial charge on any atom is 0.237 e. The minimum atomic E-state index is -1.15. The molecule has 0 spiro atoms. The van der Waals surface area contributed by atoms with Gasteiger partial charge in [0.1, 0.15) is 5.41 Å². The molecule has 5 nitrogen and oxygen atoms in total. The van der Waals surface area contributed by atoms with E-state index in [9.17, 15) is 14.4 Å². The van der Waals surface area contributed by atoms with Crippen LogP contribution >= 0.6 is 0 Å². The molecule has 2 bridgehead atoms. The lowest BCUT2D eigenvalue weighted by Crippen LogP contribution is -2.57. The van der Waals surface area contributed by atoms with Crippen molar-refractivity contribution in [3.63, 3.8) is 0 Å². The van der Waals surface area contributed by atoms with Crippen LogP contribution in [0.25, 0.3) is 0 Å². The summed E-state index contributed by atoms with van der Waals surface area (Å²) in [5, 5.41) is 0. The van der Waals surface area contributed by atoms with Gasteiger partial charge in [0.05, 0.1) is 0 Å². The molecule has 0 aromatic heterocycles. The second-order valence-electron chi connectivity index (χ2n) is 9.07. The zero-order valence-electron chi connectivity index (χ0n) is 16.5. The lowest BCUT2D eigenvalue weighted by atomic mass is 9.64. The minimum Gasteiger partial charge on any atom is -0.339 e. The van der Waals surface area contributed by atoms with Gasteiger partial charge in [-0.2, -0.15) is 0 Å². The lowest BCUT2D eigenvalue weighted by molar-refractivity contribution is -0.156. The summed E-state index contributed by atoms with van der Waals surface area (Å²) in [5.74, 6) is -0.904. The monoisotopic (exact) mass is 368 g/mol. The third kappa shape index (κ3) is 2.30. The van der Waals surface area contributed by atoms with Gasteiger partial charge in [-0.3, -0.25) is 19.3 Å². The maximum atomic E-state index is 13.5. The second-order valence-corrected chi connectivity index (χ2v) is 9.07. The number of nitrogens with zero attached hydrogens (tertiary/aromatic N) is 2. The number of Topliss-reactive ketones (excluding diaryl/α,β-unsaturated/α-hetero) is 2. The second kappa shape index (κ2) is 5.99. The number of benzene rings is 1. The molecular formula is C22H28N2O3. The van der Waals surface area contributed by atoms with Gasteiger partial charge in [-0.25, -0.2) is 0 Å². The molecule has 2 atom stereocenters. The summed E-state index contributed by atoms with van der Waals surface area (Å²) in [6.45, 7) is 9.41. The van der Waals surface area contributed by atoms with Crippen LogP contribution in [0.5, 0.6) is 0 Å². The number of piperazine rings is 1. The molecule has 1 saturated heterocycles. The van der Waals surface area contributed by atoms with E-state index in [1.165, 1.54) is 5.56 Å². The normalized spacial score (nSPS) is 32.9. The number of carbonyl (C=O) groups excluding carboxylic acids is 3. The van der Waals surface area contributed by atoms with E-state index >= 15 is 0 Å². The Bertz CT molecular complexity index is 795. The topological polar surface area (TPSA) is 57.7 Å². The van der Waals surface area contributed by atoms with Gasteiger partial charge in [-0.05, 0) is 23.8 Å². The van der Waals surface area contributed by atoms with E-state index in [4.69, 9.17) is 0 Å². The van der Waals surface area contributed by atoms with Crippen molar-refractivity contribution in [2.45, 2.75) is 40.2 Å². The third-order valence-corrected chi connectivity index (χ3v) is 7.81. The molecule has 1 amide bonds. The van der Waals surface area contributed by atoms with E-state index in [-0.39, 0.29) is 11.7 Å². The SMILES string of the molecule is CC12CCC(C(=O)N3CCN(Cc4ccccc4)CC3)(C(=O)C1=O)C2(C)C. The molecule has 1 aliphatic heterocycles. The number of carbonyl (C=O) groups is 3. The van der Waals surface area contributed by atoms with E-state index in [1.807, 2.05) is 43.9 Å². The molecule has 144 valence electrons. The molecule has 3 aliphatic rings. The maximum absolute atomic E-state index is 13.5. The number of hydrogen-bond acceptors (Lipinski definition) is 4. The van der Waals surface area contributed by atoms with E-state index in [0.717, 1.165) is 19.6 Å². The van der Waals surface area contributed by atoms with Crippen molar-refractivity contribution in [2.75, 3.05) is 26.2 Å². The van der Waals surface area contributed by atoms with Crippen LogP contribution in [0.2, 0.25) is 0 Å². The number of hydrogen-bond donors (Lipinski definition) is 0. The fraction of sp³-hybridized carbons (Fsp3) is 0.591. The average molecular weight is 368 g/mol. The van der Waals surface area contributed by atoms with Crippen LogP contribution in [0.4, 0.5) is 0 Å². The van der Waals surface area contributed by atoms with Gasteiger partial charge in [0.2, 0.25) is 17.5 Å². The Morgan fingerprint density at radius 2 is 1.56 bits per heavy atom. The van der Waals surface area contributed by atoms with Crippen molar-refractivity contribution in [1.82, 2.24) is 9.80 Å². The zero-order chi connectivity index (χ0) is 19.4. The van der Waals surface area contributed by atoms with Crippen LogP contribution in [0.1, 0.15) is 39.2 Å². The van der Waals surface area contributed by atoms with Crippen LogP contribution in [-0.4, -0.2) is 53.5 Å². The molecule has 27 heavy (non-hydrogen) atoms. The Morgan fingerprint density at radius 3 is 2.11 bits per heavy atom. The first-order valence-corrected chi connectivity index (χ1v) is 9.89. The molecule has 4 rings (SSSR count). The molecule has 1 aromatic rings. The van der Waals surface area contributed by atoms with Gasteiger partial charge in [0, 0.05) is 38.1 Å². The summed E-state index contributed by atoms with van der Waals surface area (Å²) in [6.07, 6.45) is 1.13. The molecule has 1 aromatic carbocycles. The number of rotatable bonds is 3. The van der Waals surface area contributed by atoms with E-state index in [1.54, 1.807) is 0 Å². The summed E-state index contributed by atoms with van der Waals surface area (Å²) < 4.78 is 0. The van der Waals surface area contributed by atoms with Crippen molar-refractivity contribution in [2.24, 2.45) is 16.2 Å². The van der Waals surface area contributed by atoms with Gasteiger partial charge >= 0.3 is 0 Å². The number of ketones is 2. The van der Waals surface area contributed by atoms with Crippen LogP contribution < -0.4 is 0 Å². The number of amides is 1. The van der Waals surface area contributed by atoms with E-state index in [2.05, 4.69) is 17.0 Å². The fourth-order valence-electron chi connectivity index (χ4n) is 5.46. The first-order valence-electron chi connectivity index (χ1n) is 9.89. The van der Waals surface area contributed by atoms with Crippen LogP contribution in [0, 0.1) is 16.2 Å². The summed E-state index contributed by atoms with van der Waals surface area (Å²) in [7, 11) is 0. The molecule has 3 fully saturated rings. The van der Waals surface area contributed by atoms with Gasteiger partial charge in [0.25, 0.3) is 0 Å². The Morgan fingerprint density at radius 1 is 0.926 bits per heavy atom. The first kappa shape index (κ1) is 18.4. The van der Waals surface area contributed by atoms with Gasteiger partial charge in [-0.1, -0.05) is 51.1 Å². The zero-order valence-corrected chi connectivity index (χ0v) is 16.5.